The molecule has 2 atom stereocenters. The second-order valence-electron chi connectivity index (χ2n) is 6.37. The third-order valence-corrected chi connectivity index (χ3v) is 4.36. The Kier molecular flexibility index (Phi) is 5.15. The fourth-order valence-corrected chi connectivity index (χ4v) is 3.12. The van der Waals surface area contributed by atoms with Gasteiger partial charge in [0.25, 0.3) is 0 Å². The lowest BCUT2D eigenvalue weighted by molar-refractivity contribution is 0.0955. The standard InChI is InChI=1S/C18H24N4O2/c1-13-11-17(22(21-13)12-14-7-3-2-4-8-14)20-18(24)19-15-9-5-6-10-16(15)23/h2-4,7-8,11,15-16,23H,5-6,9-10,12H2,1H3,(H2,19,20,24). The number of anilines is 1. The lowest BCUT2D eigenvalue weighted by Crippen LogP contribution is -2.46. The minimum atomic E-state index is -0.458. The number of hydrogen-bond donors (Lipinski definition) is 3. The molecular weight excluding hydrogens is 304 g/mol. The van der Waals surface area contributed by atoms with Gasteiger partial charge in [-0.15, -0.1) is 0 Å². The molecule has 1 saturated carbocycles. The van der Waals surface area contributed by atoms with E-state index in [1.807, 2.05) is 43.3 Å². The summed E-state index contributed by atoms with van der Waals surface area (Å²) in [5, 5.41) is 20.2. The van der Waals surface area contributed by atoms with E-state index >= 15 is 0 Å². The van der Waals surface area contributed by atoms with Gasteiger partial charge in [-0.2, -0.15) is 5.10 Å². The lowest BCUT2D eigenvalue weighted by atomic mass is 9.93. The smallest absolute Gasteiger partial charge is 0.320 e. The number of urea groups is 1. The number of aryl methyl sites for hydroxylation is 1. The molecule has 0 bridgehead atoms. The highest BCUT2D eigenvalue weighted by Gasteiger charge is 2.24. The second kappa shape index (κ2) is 7.49. The Balaban J connectivity index is 1.65. The van der Waals surface area contributed by atoms with E-state index in [2.05, 4.69) is 15.7 Å². The normalized spacial score (nSPS) is 20.6. The van der Waals surface area contributed by atoms with Crippen LogP contribution in [0.25, 0.3) is 0 Å². The van der Waals surface area contributed by atoms with Crippen LogP contribution in [0.3, 0.4) is 0 Å². The maximum absolute atomic E-state index is 12.3. The first-order valence-electron chi connectivity index (χ1n) is 8.46. The lowest BCUT2D eigenvalue weighted by Gasteiger charge is -2.28. The summed E-state index contributed by atoms with van der Waals surface area (Å²) in [6.45, 7) is 2.49. The van der Waals surface area contributed by atoms with Crippen molar-refractivity contribution in [3.8, 4) is 0 Å². The maximum atomic E-state index is 12.3. The van der Waals surface area contributed by atoms with Gasteiger partial charge < -0.3 is 10.4 Å². The van der Waals surface area contributed by atoms with Crippen LogP contribution < -0.4 is 10.6 Å². The van der Waals surface area contributed by atoms with Crippen molar-refractivity contribution in [1.82, 2.24) is 15.1 Å². The minimum absolute atomic E-state index is 0.176. The summed E-state index contributed by atoms with van der Waals surface area (Å²) >= 11 is 0. The Morgan fingerprint density at radius 1 is 1.29 bits per heavy atom. The number of nitrogens with one attached hydrogen (secondary N) is 2. The van der Waals surface area contributed by atoms with Gasteiger partial charge in [-0.1, -0.05) is 43.2 Å². The van der Waals surface area contributed by atoms with E-state index in [-0.39, 0.29) is 12.1 Å². The molecule has 3 rings (SSSR count). The van der Waals surface area contributed by atoms with Crippen molar-refractivity contribution >= 4 is 11.8 Å². The summed E-state index contributed by atoms with van der Waals surface area (Å²) < 4.78 is 1.78. The second-order valence-corrected chi connectivity index (χ2v) is 6.37. The third kappa shape index (κ3) is 4.14. The van der Waals surface area contributed by atoms with Crippen LogP contribution in [-0.2, 0) is 6.54 Å². The molecule has 0 radical (unpaired) electrons. The predicted molar refractivity (Wildman–Crippen MR) is 92.9 cm³/mol. The Bertz CT molecular complexity index is 684. The van der Waals surface area contributed by atoms with Crippen molar-refractivity contribution < 1.29 is 9.90 Å². The molecule has 6 nitrogen and oxygen atoms in total. The number of hydrogen-bond acceptors (Lipinski definition) is 3. The van der Waals surface area contributed by atoms with Gasteiger partial charge in [0.15, 0.2) is 0 Å². The molecule has 1 aliphatic carbocycles. The van der Waals surface area contributed by atoms with Crippen molar-refractivity contribution in [2.45, 2.75) is 51.3 Å². The summed E-state index contributed by atoms with van der Waals surface area (Å²) in [7, 11) is 0. The van der Waals surface area contributed by atoms with Gasteiger partial charge in [0.05, 0.1) is 24.4 Å². The molecule has 1 aromatic heterocycles. The molecule has 1 heterocycles. The molecule has 0 saturated heterocycles. The highest BCUT2D eigenvalue weighted by Crippen LogP contribution is 2.19. The molecule has 1 fully saturated rings. The number of carbonyl (C=O) groups is 1. The predicted octanol–water partition coefficient (Wildman–Crippen LogP) is 2.66. The van der Waals surface area contributed by atoms with Crippen LogP contribution in [0.15, 0.2) is 36.4 Å². The number of aliphatic hydroxyl groups is 1. The number of carbonyl (C=O) groups excluding carboxylic acids is 1. The molecule has 2 aromatic rings. The molecule has 1 aromatic carbocycles. The average molecular weight is 328 g/mol. The molecule has 3 N–H and O–H groups in total. The first-order chi connectivity index (χ1) is 11.6. The zero-order valence-corrected chi connectivity index (χ0v) is 13.9. The van der Waals surface area contributed by atoms with Crippen LogP contribution in [0.2, 0.25) is 0 Å². The summed E-state index contributed by atoms with van der Waals surface area (Å²) in [4.78, 5) is 12.3. The molecule has 0 spiro atoms. The van der Waals surface area contributed by atoms with E-state index in [1.165, 1.54) is 0 Å². The van der Waals surface area contributed by atoms with E-state index < -0.39 is 6.10 Å². The molecule has 24 heavy (non-hydrogen) atoms. The topological polar surface area (TPSA) is 79.2 Å². The third-order valence-electron chi connectivity index (χ3n) is 4.36. The Hall–Kier alpha value is -2.34. The van der Waals surface area contributed by atoms with Crippen molar-refractivity contribution in [2.24, 2.45) is 0 Å². The van der Waals surface area contributed by atoms with Crippen molar-refractivity contribution in [1.29, 1.82) is 0 Å². The number of nitrogens with zero attached hydrogens (tertiary/aromatic N) is 2. The molecule has 2 unspecified atom stereocenters. The summed E-state index contributed by atoms with van der Waals surface area (Å²) in [6.07, 6.45) is 3.16. The van der Waals surface area contributed by atoms with Gasteiger partial charge in [-0.3, -0.25) is 5.32 Å². The summed E-state index contributed by atoms with van der Waals surface area (Å²) in [5.74, 6) is 0.652. The van der Waals surface area contributed by atoms with Gasteiger partial charge in [0, 0.05) is 6.07 Å². The minimum Gasteiger partial charge on any atom is -0.391 e. The van der Waals surface area contributed by atoms with Crippen molar-refractivity contribution in [3.05, 3.63) is 47.7 Å². The molecule has 128 valence electrons. The molecule has 2 amide bonds. The molecular formula is C18H24N4O2. The number of rotatable bonds is 4. The first kappa shape index (κ1) is 16.5. The van der Waals surface area contributed by atoms with E-state index in [9.17, 15) is 9.90 Å². The number of amides is 2. The number of benzene rings is 1. The maximum Gasteiger partial charge on any atom is 0.320 e. The largest absolute Gasteiger partial charge is 0.391 e. The molecule has 0 aliphatic heterocycles. The zero-order chi connectivity index (χ0) is 16.9. The highest BCUT2D eigenvalue weighted by atomic mass is 16.3. The van der Waals surface area contributed by atoms with Crippen molar-refractivity contribution in [3.63, 3.8) is 0 Å². The number of aliphatic hydroxyl groups excluding tert-OH is 1. The monoisotopic (exact) mass is 328 g/mol. The quantitative estimate of drug-likeness (QED) is 0.807. The van der Waals surface area contributed by atoms with E-state index in [0.717, 1.165) is 36.9 Å². The SMILES string of the molecule is Cc1cc(NC(=O)NC2CCCCC2O)n(Cc2ccccc2)n1. The molecule has 6 heteroatoms. The van der Waals surface area contributed by atoms with Crippen LogP contribution >= 0.6 is 0 Å². The molecule has 1 aliphatic rings. The van der Waals surface area contributed by atoms with Gasteiger partial charge in [-0.25, -0.2) is 9.48 Å². The van der Waals surface area contributed by atoms with Crippen molar-refractivity contribution in [2.75, 3.05) is 5.32 Å². The Labute approximate surface area is 141 Å². The van der Waals surface area contributed by atoms with Crippen LogP contribution in [0.5, 0.6) is 0 Å². The van der Waals surface area contributed by atoms with E-state index in [1.54, 1.807) is 4.68 Å². The fraction of sp³-hybridized carbons (Fsp3) is 0.444. The summed E-state index contributed by atoms with van der Waals surface area (Å²) in [6, 6.07) is 11.4. The van der Waals surface area contributed by atoms with Gasteiger partial charge in [-0.05, 0) is 25.3 Å². The highest BCUT2D eigenvalue weighted by molar-refractivity contribution is 5.88. The fourth-order valence-electron chi connectivity index (χ4n) is 3.12. The Morgan fingerprint density at radius 2 is 2.04 bits per heavy atom. The van der Waals surface area contributed by atoms with Gasteiger partial charge in [0.2, 0.25) is 0 Å². The van der Waals surface area contributed by atoms with E-state index in [4.69, 9.17) is 0 Å². The Morgan fingerprint density at radius 3 is 2.79 bits per heavy atom. The van der Waals surface area contributed by atoms with Crippen LogP contribution in [-0.4, -0.2) is 33.1 Å². The van der Waals surface area contributed by atoms with Crippen LogP contribution in [0, 0.1) is 6.92 Å². The summed E-state index contributed by atoms with van der Waals surface area (Å²) in [5.41, 5.74) is 1.96. The van der Waals surface area contributed by atoms with Crippen LogP contribution in [0.4, 0.5) is 10.6 Å². The van der Waals surface area contributed by atoms with Crippen LogP contribution in [0.1, 0.15) is 36.9 Å². The van der Waals surface area contributed by atoms with E-state index in [0.29, 0.717) is 12.4 Å². The number of aromatic nitrogens is 2. The average Bonchev–Trinajstić information content (AvgIpc) is 2.90. The van der Waals surface area contributed by atoms with Gasteiger partial charge in [0.1, 0.15) is 5.82 Å². The van der Waals surface area contributed by atoms with Gasteiger partial charge >= 0.3 is 6.03 Å². The zero-order valence-electron chi connectivity index (χ0n) is 13.9. The first-order valence-corrected chi connectivity index (χ1v) is 8.46.